The maximum absolute atomic E-state index is 15.3. The molecule has 3 fully saturated rings. The van der Waals surface area contributed by atoms with Crippen LogP contribution >= 0.6 is 0 Å². The third-order valence-electron chi connectivity index (χ3n) is 14.2. The van der Waals surface area contributed by atoms with Gasteiger partial charge in [0.15, 0.2) is 0 Å². The van der Waals surface area contributed by atoms with E-state index >= 15 is 4.79 Å². The van der Waals surface area contributed by atoms with E-state index in [4.69, 9.17) is 24.2 Å². The summed E-state index contributed by atoms with van der Waals surface area (Å²) in [5.41, 5.74) is 3.68. The largest absolute Gasteiger partial charge is 0.508 e. The van der Waals surface area contributed by atoms with Gasteiger partial charge >= 0.3 is 0 Å². The van der Waals surface area contributed by atoms with E-state index in [0.29, 0.717) is 50.5 Å². The molecular weight excluding hydrogens is 769 g/mol. The SMILES string of the molecule is C=CCO[C@@]12Oc3ccc(O)cc3[C@H]3[C@H](CCCCO)[C@@H](CCCCO)C=C(C(=NOC4CCCCO4)C[C@@H]1N(Cc1cccc4ccccc14)C(=O)CCC1CCCC1)[C@H]32. The van der Waals surface area contributed by atoms with Gasteiger partial charge in [-0.05, 0) is 103 Å². The van der Waals surface area contributed by atoms with Crippen LogP contribution < -0.4 is 4.74 Å². The smallest absolute Gasteiger partial charge is 0.239 e. The van der Waals surface area contributed by atoms with Gasteiger partial charge in [-0.25, -0.2) is 0 Å². The average Bonchev–Trinajstić information content (AvgIpc) is 3.82. The van der Waals surface area contributed by atoms with Gasteiger partial charge in [0, 0.05) is 50.5 Å². The predicted octanol–water partition coefficient (Wildman–Crippen LogP) is 9.70. The number of amides is 1. The van der Waals surface area contributed by atoms with Gasteiger partial charge < -0.3 is 39.3 Å². The fraction of sp³-hybridized carbons (Fsp3) is 0.569. The van der Waals surface area contributed by atoms with Crippen LogP contribution in [0.15, 0.2) is 90.1 Å². The van der Waals surface area contributed by atoms with Crippen molar-refractivity contribution in [2.45, 2.75) is 133 Å². The third kappa shape index (κ3) is 9.43. The number of benzene rings is 3. The number of carbonyl (C=O) groups is 1. The first-order valence-corrected chi connectivity index (χ1v) is 23.2. The quantitative estimate of drug-likeness (QED) is 0.0619. The summed E-state index contributed by atoms with van der Waals surface area (Å²) in [6, 6.07) is 19.4. The van der Waals surface area contributed by atoms with Gasteiger partial charge in [-0.1, -0.05) is 98.3 Å². The van der Waals surface area contributed by atoms with E-state index in [1.165, 1.54) is 12.8 Å². The van der Waals surface area contributed by atoms with Crippen LogP contribution in [-0.2, 0) is 25.7 Å². The van der Waals surface area contributed by atoms with E-state index in [0.717, 1.165) is 97.4 Å². The number of ether oxygens (including phenoxy) is 3. The molecule has 10 heteroatoms. The van der Waals surface area contributed by atoms with Crippen molar-refractivity contribution in [3.63, 3.8) is 0 Å². The number of rotatable bonds is 19. The molecule has 7 atom stereocenters. The second kappa shape index (κ2) is 20.3. The number of phenolic OH excluding ortho intramolecular Hbond substituents is 1. The number of phenols is 1. The molecule has 3 N–H and O–H groups in total. The molecule has 0 aromatic heterocycles. The lowest BCUT2D eigenvalue weighted by atomic mass is 9.55. The molecule has 0 bridgehead atoms. The fourth-order valence-corrected chi connectivity index (χ4v) is 11.3. The van der Waals surface area contributed by atoms with Crippen LogP contribution in [0.3, 0.4) is 0 Å². The molecule has 8 rings (SSSR count). The van der Waals surface area contributed by atoms with Crippen molar-refractivity contribution in [3.05, 3.63) is 96.1 Å². The molecule has 10 nitrogen and oxygen atoms in total. The molecule has 61 heavy (non-hydrogen) atoms. The maximum atomic E-state index is 15.3. The standard InChI is InChI=1S/C51H66N2O8/c1-2-29-59-51-46(53(47(57)26-23-35-14-3-4-15-35)34-38-19-13-18-36-16-5-6-20-40(36)38)33-44(52-61-48-22-9-12-30-58-48)42-31-37(17-7-10-27-54)41(21-8-11-28-55)49(50(42)51)43-32-39(56)24-25-45(43)60-51/h2,5-6,13,16,18-20,24-25,31-32,35,37,41,46,48-50,54-56H,1,3-4,7-12,14-15,17,21-23,26-30,33-34H2/t37-,41+,46-,48?,49+,50+,51+/m0/s1. The van der Waals surface area contributed by atoms with Crippen molar-refractivity contribution in [3.8, 4) is 11.5 Å². The zero-order chi connectivity index (χ0) is 42.2. The van der Waals surface area contributed by atoms with Crippen LogP contribution in [0, 0.1) is 23.7 Å². The first-order chi connectivity index (χ1) is 29.9. The Labute approximate surface area is 361 Å². The van der Waals surface area contributed by atoms with Crippen LogP contribution in [0.25, 0.3) is 10.8 Å². The number of carbonyl (C=O) groups excluding carboxylic acids is 1. The summed E-state index contributed by atoms with van der Waals surface area (Å²) in [6.45, 7) is 5.48. The number of hydrogen-bond donors (Lipinski definition) is 3. The number of aliphatic hydroxyl groups excluding tert-OH is 2. The molecule has 0 radical (unpaired) electrons. The Morgan fingerprint density at radius 2 is 1.72 bits per heavy atom. The Balaban J connectivity index is 1.32. The topological polar surface area (TPSA) is 130 Å². The molecule has 3 aliphatic carbocycles. The highest BCUT2D eigenvalue weighted by molar-refractivity contribution is 6.03. The van der Waals surface area contributed by atoms with Gasteiger partial charge in [0.2, 0.25) is 18.0 Å². The van der Waals surface area contributed by atoms with Gasteiger partial charge in [0.05, 0.1) is 24.8 Å². The summed E-state index contributed by atoms with van der Waals surface area (Å²) >= 11 is 0. The Morgan fingerprint density at radius 3 is 2.51 bits per heavy atom. The number of hydrogen-bond acceptors (Lipinski definition) is 9. The van der Waals surface area contributed by atoms with Crippen molar-refractivity contribution in [2.24, 2.45) is 28.8 Å². The monoisotopic (exact) mass is 834 g/mol. The number of fused-ring (bicyclic) bond motifs is 3. The van der Waals surface area contributed by atoms with E-state index < -0.39 is 24.0 Å². The number of allylic oxidation sites excluding steroid dienone is 1. The van der Waals surface area contributed by atoms with E-state index in [2.05, 4.69) is 49.1 Å². The van der Waals surface area contributed by atoms with Gasteiger partial charge in [0.1, 0.15) is 17.5 Å². The zero-order valence-corrected chi connectivity index (χ0v) is 35.8. The van der Waals surface area contributed by atoms with E-state index in [-0.39, 0.29) is 49.2 Å². The Kier molecular flexibility index (Phi) is 14.5. The minimum Gasteiger partial charge on any atom is -0.508 e. The number of nitrogens with zero attached hydrogens (tertiary/aromatic N) is 2. The predicted molar refractivity (Wildman–Crippen MR) is 237 cm³/mol. The Morgan fingerprint density at radius 1 is 0.934 bits per heavy atom. The molecule has 5 aliphatic rings. The lowest BCUT2D eigenvalue weighted by molar-refractivity contribution is -0.258. The van der Waals surface area contributed by atoms with Crippen LogP contribution in [0.1, 0.15) is 120 Å². The third-order valence-corrected chi connectivity index (χ3v) is 14.2. The Bertz CT molecular complexity index is 2010. The van der Waals surface area contributed by atoms with Crippen molar-refractivity contribution in [1.82, 2.24) is 4.90 Å². The lowest BCUT2D eigenvalue weighted by Gasteiger charge is -2.60. The van der Waals surface area contributed by atoms with E-state index in [1.807, 2.05) is 23.1 Å². The summed E-state index contributed by atoms with van der Waals surface area (Å²) in [5.74, 6) is -0.467. The molecule has 0 spiro atoms. The Hall–Kier alpha value is -4.22. The zero-order valence-electron chi connectivity index (χ0n) is 35.8. The van der Waals surface area contributed by atoms with Crippen LogP contribution in [0.2, 0.25) is 0 Å². The lowest BCUT2D eigenvalue weighted by Crippen LogP contribution is -2.70. The minimum absolute atomic E-state index is 0.0589. The summed E-state index contributed by atoms with van der Waals surface area (Å²) in [5, 5.41) is 38.2. The molecule has 1 amide bonds. The van der Waals surface area contributed by atoms with Gasteiger partial charge in [-0.3, -0.25) is 4.79 Å². The minimum atomic E-state index is -1.37. The highest BCUT2D eigenvalue weighted by atomic mass is 16.8. The number of aliphatic hydroxyl groups is 2. The summed E-state index contributed by atoms with van der Waals surface area (Å²) in [7, 11) is 0. The molecule has 2 aliphatic heterocycles. The molecule has 1 unspecified atom stereocenters. The fourth-order valence-electron chi connectivity index (χ4n) is 11.3. The molecule has 2 saturated carbocycles. The first-order valence-electron chi connectivity index (χ1n) is 23.2. The number of aromatic hydroxyl groups is 1. The first kappa shape index (κ1) is 43.4. The molecule has 3 aromatic carbocycles. The second-order valence-corrected chi connectivity index (χ2v) is 18.0. The van der Waals surface area contributed by atoms with Crippen LogP contribution in [-0.4, -0.2) is 76.4 Å². The average molecular weight is 835 g/mol. The normalized spacial score (nSPS) is 27.8. The molecule has 2 heterocycles. The highest BCUT2D eigenvalue weighted by Gasteiger charge is 2.65. The number of unbranched alkanes of at least 4 members (excludes halogenated alkanes) is 2. The molecule has 3 aromatic rings. The van der Waals surface area contributed by atoms with E-state index in [1.54, 1.807) is 12.1 Å². The summed E-state index contributed by atoms with van der Waals surface area (Å²) in [4.78, 5) is 23.7. The molecular formula is C51H66N2O8. The molecule has 1 saturated heterocycles. The van der Waals surface area contributed by atoms with Crippen LogP contribution in [0.4, 0.5) is 0 Å². The summed E-state index contributed by atoms with van der Waals surface area (Å²) in [6.07, 6.45) is 17.4. The maximum Gasteiger partial charge on any atom is 0.239 e. The van der Waals surface area contributed by atoms with Crippen molar-refractivity contribution < 1.29 is 39.2 Å². The van der Waals surface area contributed by atoms with Gasteiger partial charge in [-0.15, -0.1) is 6.58 Å². The van der Waals surface area contributed by atoms with Crippen molar-refractivity contribution in [2.75, 3.05) is 26.4 Å². The summed E-state index contributed by atoms with van der Waals surface area (Å²) < 4.78 is 20.7. The van der Waals surface area contributed by atoms with Crippen molar-refractivity contribution >= 4 is 22.4 Å². The van der Waals surface area contributed by atoms with E-state index in [9.17, 15) is 15.3 Å². The number of oxime groups is 1. The second-order valence-electron chi connectivity index (χ2n) is 18.0. The van der Waals surface area contributed by atoms with Gasteiger partial charge in [0.25, 0.3) is 0 Å². The molecule has 328 valence electrons. The van der Waals surface area contributed by atoms with Crippen LogP contribution in [0.5, 0.6) is 11.5 Å². The van der Waals surface area contributed by atoms with Gasteiger partial charge in [-0.2, -0.15) is 0 Å². The highest BCUT2D eigenvalue weighted by Crippen LogP contribution is 2.62. The van der Waals surface area contributed by atoms with Crippen molar-refractivity contribution in [1.29, 1.82) is 0 Å².